The Bertz CT molecular complexity index is 526. The minimum absolute atomic E-state index is 0.0139. The lowest BCUT2D eigenvalue weighted by Crippen LogP contribution is -2.47. The van der Waals surface area contributed by atoms with E-state index in [1.807, 2.05) is 34.6 Å². The van der Waals surface area contributed by atoms with Crippen LogP contribution in [-0.2, 0) is 23.6 Å². The molecule has 2 atom stereocenters. The van der Waals surface area contributed by atoms with E-state index in [4.69, 9.17) is 14.0 Å². The number of hydrogen-bond donors (Lipinski definition) is 1. The van der Waals surface area contributed by atoms with Crippen molar-refractivity contribution in [3.8, 4) is 0 Å². The van der Waals surface area contributed by atoms with Gasteiger partial charge in [0.05, 0.1) is 30.1 Å². The van der Waals surface area contributed by atoms with Gasteiger partial charge in [0.1, 0.15) is 0 Å². The molecular weight excluding hydrogens is 381 g/mol. The van der Waals surface area contributed by atoms with Gasteiger partial charge in [-0.3, -0.25) is 9.59 Å². The van der Waals surface area contributed by atoms with E-state index in [0.717, 1.165) is 32.0 Å². The van der Waals surface area contributed by atoms with Crippen LogP contribution in [0.5, 0.6) is 0 Å². The van der Waals surface area contributed by atoms with Crippen LogP contribution in [0.25, 0.3) is 0 Å². The maximum Gasteiger partial charge on any atom is 0.457 e. The number of hydrogen-bond acceptors (Lipinski definition) is 5. The van der Waals surface area contributed by atoms with Gasteiger partial charge in [-0.2, -0.15) is 0 Å². The topological polar surface area (TPSA) is 73.9 Å². The average molecular weight is 427 g/mol. The third-order valence-electron chi connectivity index (χ3n) is 5.74. The first-order valence-electron chi connectivity index (χ1n) is 11.5. The Morgan fingerprint density at radius 1 is 1.00 bits per heavy atom. The van der Waals surface area contributed by atoms with Crippen molar-refractivity contribution in [3.05, 3.63) is 0 Å². The second-order valence-corrected chi connectivity index (χ2v) is 9.85. The van der Waals surface area contributed by atoms with Crippen LogP contribution in [0.1, 0.15) is 94.9 Å². The fourth-order valence-corrected chi connectivity index (χ4v) is 3.47. The molecule has 2 fully saturated rings. The summed E-state index contributed by atoms with van der Waals surface area (Å²) in [6.07, 6.45) is 4.47. The summed E-state index contributed by atoms with van der Waals surface area (Å²) in [6, 6.07) is 0. The molecule has 30 heavy (non-hydrogen) atoms. The second-order valence-electron chi connectivity index (χ2n) is 9.85. The summed E-state index contributed by atoms with van der Waals surface area (Å²) in [7, 11) is 1.37. The maximum absolute atomic E-state index is 12.1. The molecule has 1 aliphatic carbocycles. The van der Waals surface area contributed by atoms with Crippen molar-refractivity contribution in [2.24, 2.45) is 11.8 Å². The Balaban J connectivity index is 0.000000557. The monoisotopic (exact) mass is 427 g/mol. The molecule has 1 heterocycles. The van der Waals surface area contributed by atoms with Crippen LogP contribution in [0.3, 0.4) is 0 Å². The number of esters is 1. The standard InChI is InChI=1S/C13H23NO3.C8H17BO2.C2H6/c1-13(2,3)14-11(15)9-7-5-6-8-10(9)12(16)17-4;1-6-9-10-7(2,3)8(4,5)11-9;1-2/h9-10H,5-8H2,1-4H3,(H,14,15);6H2,1-5H3;1-2H3. The highest BCUT2D eigenvalue weighted by Crippen LogP contribution is 2.37. The van der Waals surface area contributed by atoms with Crippen LogP contribution in [0.2, 0.25) is 6.32 Å². The minimum Gasteiger partial charge on any atom is -0.469 e. The van der Waals surface area contributed by atoms with Crippen molar-refractivity contribution in [3.63, 3.8) is 0 Å². The first kappa shape index (κ1) is 28.9. The van der Waals surface area contributed by atoms with Crippen molar-refractivity contribution in [1.82, 2.24) is 5.32 Å². The number of nitrogens with one attached hydrogen (secondary N) is 1. The number of rotatable bonds is 3. The minimum atomic E-state index is -0.268. The zero-order chi connectivity index (χ0) is 23.8. The molecule has 0 aromatic carbocycles. The number of carbonyl (C=O) groups excluding carboxylic acids is 2. The van der Waals surface area contributed by atoms with Gasteiger partial charge in [0, 0.05) is 5.54 Å². The summed E-state index contributed by atoms with van der Waals surface area (Å²) in [5, 5.41) is 2.95. The highest BCUT2D eigenvalue weighted by atomic mass is 16.7. The van der Waals surface area contributed by atoms with E-state index in [0.29, 0.717) is 0 Å². The quantitative estimate of drug-likeness (QED) is 0.507. The van der Waals surface area contributed by atoms with Gasteiger partial charge in [-0.1, -0.05) is 33.6 Å². The smallest absolute Gasteiger partial charge is 0.457 e. The first-order chi connectivity index (χ1) is 13.7. The van der Waals surface area contributed by atoms with Gasteiger partial charge in [-0.25, -0.2) is 0 Å². The third kappa shape index (κ3) is 8.58. The summed E-state index contributed by atoms with van der Waals surface area (Å²) in [5.74, 6) is -0.766. The molecule has 6 nitrogen and oxygen atoms in total. The Morgan fingerprint density at radius 2 is 1.43 bits per heavy atom. The SMILES string of the molecule is CC.CCB1OC(C)(C)C(C)(C)O1.COC(=O)C1CCCCC1C(=O)NC(C)(C)C. The molecular formula is C23H46BNO5. The van der Waals surface area contributed by atoms with Gasteiger partial charge in [-0.15, -0.1) is 0 Å². The Labute approximate surface area is 185 Å². The molecule has 0 radical (unpaired) electrons. The Kier molecular flexibility index (Phi) is 11.7. The summed E-state index contributed by atoms with van der Waals surface area (Å²) < 4.78 is 16.2. The zero-order valence-corrected chi connectivity index (χ0v) is 21.3. The largest absolute Gasteiger partial charge is 0.469 e. The van der Waals surface area contributed by atoms with Crippen LogP contribution in [0.15, 0.2) is 0 Å². The van der Waals surface area contributed by atoms with Gasteiger partial charge >= 0.3 is 13.1 Å². The molecule has 1 saturated heterocycles. The van der Waals surface area contributed by atoms with Gasteiger partial charge in [-0.05, 0) is 67.6 Å². The fourth-order valence-electron chi connectivity index (χ4n) is 3.47. The summed E-state index contributed by atoms with van der Waals surface area (Å²) >= 11 is 0. The van der Waals surface area contributed by atoms with Gasteiger partial charge < -0.3 is 19.4 Å². The van der Waals surface area contributed by atoms with Crippen molar-refractivity contribution >= 4 is 19.0 Å². The predicted octanol–water partition coefficient (Wildman–Crippen LogP) is 5.01. The van der Waals surface area contributed by atoms with E-state index < -0.39 is 0 Å². The van der Waals surface area contributed by atoms with Gasteiger partial charge in [0.25, 0.3) is 0 Å². The first-order valence-corrected chi connectivity index (χ1v) is 11.5. The molecule has 1 aliphatic heterocycles. The van der Waals surface area contributed by atoms with Crippen LogP contribution in [0, 0.1) is 11.8 Å². The lowest BCUT2D eigenvalue weighted by atomic mass is 9.78. The van der Waals surface area contributed by atoms with E-state index in [2.05, 4.69) is 39.9 Å². The molecule has 1 N–H and O–H groups in total. The van der Waals surface area contributed by atoms with Crippen molar-refractivity contribution in [1.29, 1.82) is 0 Å². The van der Waals surface area contributed by atoms with Crippen LogP contribution in [0.4, 0.5) is 0 Å². The number of carbonyl (C=O) groups is 2. The van der Waals surface area contributed by atoms with E-state index in [-0.39, 0.29) is 47.6 Å². The van der Waals surface area contributed by atoms with E-state index in [9.17, 15) is 9.59 Å². The summed E-state index contributed by atoms with van der Waals surface area (Å²) in [6.45, 7) is 20.2. The number of amides is 1. The van der Waals surface area contributed by atoms with Crippen molar-refractivity contribution < 1.29 is 23.6 Å². The predicted molar refractivity (Wildman–Crippen MR) is 123 cm³/mol. The fraction of sp³-hybridized carbons (Fsp3) is 0.913. The average Bonchev–Trinajstić information content (AvgIpc) is 2.88. The molecule has 1 amide bonds. The third-order valence-corrected chi connectivity index (χ3v) is 5.74. The summed E-state index contributed by atoms with van der Waals surface area (Å²) in [5.41, 5.74) is -0.573. The van der Waals surface area contributed by atoms with Crippen LogP contribution in [-0.4, -0.2) is 42.8 Å². The van der Waals surface area contributed by atoms with E-state index >= 15 is 0 Å². The second kappa shape index (κ2) is 12.1. The lowest BCUT2D eigenvalue weighted by molar-refractivity contribution is -0.152. The van der Waals surface area contributed by atoms with E-state index in [1.165, 1.54) is 7.11 Å². The highest BCUT2D eigenvalue weighted by molar-refractivity contribution is 6.45. The zero-order valence-electron chi connectivity index (χ0n) is 21.3. The van der Waals surface area contributed by atoms with Crippen LogP contribution >= 0.6 is 0 Å². The van der Waals surface area contributed by atoms with Crippen molar-refractivity contribution in [2.75, 3.05) is 7.11 Å². The molecule has 1 saturated carbocycles. The normalized spacial score (nSPS) is 24.6. The molecule has 7 heteroatoms. The van der Waals surface area contributed by atoms with Crippen molar-refractivity contribution in [2.45, 2.75) is 118 Å². The molecule has 2 aliphatic rings. The molecule has 2 unspecified atom stereocenters. The summed E-state index contributed by atoms with van der Waals surface area (Å²) in [4.78, 5) is 23.8. The number of methoxy groups -OCH3 is 1. The number of ether oxygens (including phenoxy) is 1. The van der Waals surface area contributed by atoms with Gasteiger partial charge in [0.15, 0.2) is 0 Å². The lowest BCUT2D eigenvalue weighted by Gasteiger charge is -2.32. The molecule has 0 aromatic heterocycles. The van der Waals surface area contributed by atoms with Crippen LogP contribution < -0.4 is 5.32 Å². The maximum atomic E-state index is 12.1. The molecule has 0 bridgehead atoms. The molecule has 0 spiro atoms. The molecule has 0 aromatic rings. The Morgan fingerprint density at radius 3 is 1.77 bits per heavy atom. The van der Waals surface area contributed by atoms with E-state index in [1.54, 1.807) is 0 Å². The highest BCUT2D eigenvalue weighted by Gasteiger charge is 2.50. The Hall–Kier alpha value is -1.08. The molecule has 176 valence electrons. The molecule has 2 rings (SSSR count). The van der Waals surface area contributed by atoms with Gasteiger partial charge in [0.2, 0.25) is 5.91 Å².